The average Bonchev–Trinajstić information content (AvgIpc) is 3.12. The molecule has 328 valence electrons. The summed E-state index contributed by atoms with van der Waals surface area (Å²) in [5.74, 6) is -1.82. The first-order chi connectivity index (χ1) is 24.3. The SMILES string of the molecule is CCC(CC)[N+](C)(CC)CC.CCC(CC)[N+](C)(CC)CC.CCC(CC)[N+](C)(CC)CC.CCC(CC)[N+](C)(CC)CC.O=P([O-])([O-])CP(=O)([O-])[O-]. The molecule has 12 heteroatoms. The van der Waals surface area contributed by atoms with Crippen LogP contribution in [0.1, 0.15) is 162 Å². The van der Waals surface area contributed by atoms with Gasteiger partial charge in [0.05, 0.1) is 105 Å². The van der Waals surface area contributed by atoms with Gasteiger partial charge in [0.1, 0.15) is 0 Å². The van der Waals surface area contributed by atoms with Crippen molar-refractivity contribution < 1.29 is 46.6 Å². The van der Waals surface area contributed by atoms with Crippen LogP contribution in [0.2, 0.25) is 0 Å². The first-order valence-corrected chi connectivity index (χ1v) is 25.1. The molecule has 10 nitrogen and oxygen atoms in total. The van der Waals surface area contributed by atoms with Gasteiger partial charge in [0.15, 0.2) is 0 Å². The van der Waals surface area contributed by atoms with Crippen LogP contribution in [0.5, 0.6) is 0 Å². The third-order valence-electron chi connectivity index (χ3n) is 13.4. The van der Waals surface area contributed by atoms with Gasteiger partial charge in [-0.15, -0.1) is 0 Å². The minimum absolute atomic E-state index is 0.866. The van der Waals surface area contributed by atoms with Crippen molar-refractivity contribution in [2.24, 2.45) is 0 Å². The van der Waals surface area contributed by atoms with Crippen LogP contribution in [0.25, 0.3) is 0 Å². The highest BCUT2D eigenvalue weighted by Crippen LogP contribution is 2.39. The Hall–Kier alpha value is 0.140. The standard InChI is InChI=1S/4C10H24N.CH6O6P2/c4*1-6-10(7-2)11(5,8-3)9-4;2-8(3,4)1-9(5,6)7/h4*10H,6-9H2,1-5H3;1H2,(H2,2,3,4)(H2,5,6,7)/q4*+1;/p-4. The highest BCUT2D eigenvalue weighted by atomic mass is 31.2. The second kappa shape index (κ2) is 32.1. The van der Waals surface area contributed by atoms with E-state index < -0.39 is 21.1 Å². The molecule has 0 saturated heterocycles. The topological polar surface area (TPSA) is 126 Å². The van der Waals surface area contributed by atoms with Gasteiger partial charge in [0, 0.05) is 5.90 Å². The second-order valence-electron chi connectivity index (χ2n) is 15.7. The number of rotatable bonds is 22. The lowest BCUT2D eigenvalue weighted by atomic mass is 10.1. The molecule has 0 aromatic rings. The molecular formula is C41H98N4O6P2. The summed E-state index contributed by atoms with van der Waals surface area (Å²) < 4.78 is 24.1. The zero-order valence-corrected chi connectivity index (χ0v) is 41.3. The van der Waals surface area contributed by atoms with E-state index in [1.807, 2.05) is 0 Å². The summed E-state index contributed by atoms with van der Waals surface area (Å²) in [5, 5.41) is 0. The lowest BCUT2D eigenvalue weighted by Gasteiger charge is -2.40. The Bertz CT molecular complexity index is 774. The van der Waals surface area contributed by atoms with Crippen molar-refractivity contribution >= 4 is 15.2 Å². The molecule has 0 unspecified atom stereocenters. The van der Waals surface area contributed by atoms with E-state index in [0.717, 1.165) is 24.2 Å². The van der Waals surface area contributed by atoms with E-state index in [9.17, 15) is 28.7 Å². The van der Waals surface area contributed by atoms with Crippen LogP contribution in [0.4, 0.5) is 0 Å². The van der Waals surface area contributed by atoms with Crippen molar-refractivity contribution in [2.45, 2.75) is 186 Å². The van der Waals surface area contributed by atoms with Crippen LogP contribution in [-0.2, 0) is 9.13 Å². The first kappa shape index (κ1) is 62.3. The van der Waals surface area contributed by atoms with E-state index in [2.05, 4.69) is 139 Å². The highest BCUT2D eigenvalue weighted by Gasteiger charge is 2.28. The summed E-state index contributed by atoms with van der Waals surface area (Å²) in [4.78, 5) is 38.2. The van der Waals surface area contributed by atoms with Crippen molar-refractivity contribution in [3.8, 4) is 0 Å². The molecule has 0 N–H and O–H groups in total. The summed E-state index contributed by atoms with van der Waals surface area (Å²) >= 11 is 0. The maximum Gasteiger partial charge on any atom is 0.0882 e. The van der Waals surface area contributed by atoms with Crippen LogP contribution in [0.3, 0.4) is 0 Å². The summed E-state index contributed by atoms with van der Waals surface area (Å²) in [6, 6.07) is 3.46. The Morgan fingerprint density at radius 1 is 0.321 bits per heavy atom. The summed E-state index contributed by atoms with van der Waals surface area (Å²) in [6.07, 6.45) is 10.5. The minimum Gasteiger partial charge on any atom is -0.810 e. The van der Waals surface area contributed by atoms with Gasteiger partial charge in [-0.05, 0) is 107 Å². The largest absolute Gasteiger partial charge is 0.810 e. The van der Waals surface area contributed by atoms with Crippen LogP contribution in [-0.4, -0.2) is 129 Å². The van der Waals surface area contributed by atoms with Crippen LogP contribution >= 0.6 is 15.2 Å². The summed E-state index contributed by atoms with van der Waals surface area (Å²) in [5.41, 5.74) is 0. The fourth-order valence-electron chi connectivity index (χ4n) is 7.85. The highest BCUT2D eigenvalue weighted by molar-refractivity contribution is 7.66. The molecule has 0 bridgehead atoms. The maximum atomic E-state index is 9.55. The van der Waals surface area contributed by atoms with E-state index >= 15 is 0 Å². The molecule has 0 aromatic heterocycles. The Morgan fingerprint density at radius 2 is 0.434 bits per heavy atom. The zero-order chi connectivity index (χ0) is 43.3. The van der Waals surface area contributed by atoms with E-state index in [-0.39, 0.29) is 0 Å². The van der Waals surface area contributed by atoms with Crippen molar-refractivity contribution in [3.63, 3.8) is 0 Å². The van der Waals surface area contributed by atoms with Gasteiger partial charge < -0.3 is 46.6 Å². The second-order valence-corrected chi connectivity index (χ2v) is 19.3. The number of hydrogen-bond donors (Lipinski definition) is 0. The van der Waals surface area contributed by atoms with Crippen LogP contribution < -0.4 is 19.6 Å². The summed E-state index contributed by atoms with van der Waals surface area (Å²) in [7, 11) is -0.860. The molecule has 0 rings (SSSR count). The van der Waals surface area contributed by atoms with E-state index in [1.54, 1.807) is 0 Å². The molecule has 0 radical (unpaired) electrons. The van der Waals surface area contributed by atoms with E-state index in [1.165, 1.54) is 122 Å². The average molecular weight is 805 g/mol. The molecular weight excluding hydrogens is 706 g/mol. The lowest BCUT2D eigenvalue weighted by Crippen LogP contribution is -2.51. The minimum atomic E-state index is -5.18. The molecule has 0 aliphatic carbocycles. The molecule has 0 saturated carbocycles. The van der Waals surface area contributed by atoms with Gasteiger partial charge in [0.25, 0.3) is 0 Å². The number of nitrogens with zero attached hydrogens (tertiary/aromatic N) is 4. The third kappa shape index (κ3) is 26.6. The lowest BCUT2D eigenvalue weighted by molar-refractivity contribution is -0.930. The molecule has 0 aromatic carbocycles. The van der Waals surface area contributed by atoms with Crippen molar-refractivity contribution in [2.75, 3.05) is 86.5 Å². The maximum absolute atomic E-state index is 9.55. The third-order valence-corrected chi connectivity index (χ3v) is 16.2. The van der Waals surface area contributed by atoms with Crippen LogP contribution in [0, 0.1) is 0 Å². The Balaban J connectivity index is -0.000000181. The normalized spacial score (nSPS) is 12.8. The predicted octanol–water partition coefficient (Wildman–Crippen LogP) is 7.42. The fraction of sp³-hybridized carbons (Fsp3) is 1.00. The van der Waals surface area contributed by atoms with Gasteiger partial charge in [0.2, 0.25) is 0 Å². The Kier molecular flexibility index (Phi) is 37.8. The van der Waals surface area contributed by atoms with Gasteiger partial charge in [-0.1, -0.05) is 70.6 Å². The van der Waals surface area contributed by atoms with Gasteiger partial charge in [-0.25, -0.2) is 0 Å². The molecule has 0 aliphatic heterocycles. The molecule has 53 heavy (non-hydrogen) atoms. The van der Waals surface area contributed by atoms with E-state index in [0.29, 0.717) is 0 Å². The van der Waals surface area contributed by atoms with Crippen molar-refractivity contribution in [1.29, 1.82) is 0 Å². The molecule has 0 amide bonds. The van der Waals surface area contributed by atoms with Crippen molar-refractivity contribution in [3.05, 3.63) is 0 Å². The van der Waals surface area contributed by atoms with Gasteiger partial charge in [-0.2, -0.15) is 0 Å². The smallest absolute Gasteiger partial charge is 0.0882 e. The molecule has 0 heterocycles. The van der Waals surface area contributed by atoms with Gasteiger partial charge in [-0.3, -0.25) is 0 Å². The quantitative estimate of drug-likeness (QED) is 0.0829. The monoisotopic (exact) mass is 805 g/mol. The molecule has 0 fully saturated rings. The Labute approximate surface area is 333 Å². The number of hydrogen-bond acceptors (Lipinski definition) is 6. The zero-order valence-electron chi connectivity index (χ0n) is 39.5. The van der Waals surface area contributed by atoms with Gasteiger partial charge >= 0.3 is 0 Å². The molecule has 0 spiro atoms. The number of quaternary nitrogens is 4. The molecule has 0 atom stereocenters. The van der Waals surface area contributed by atoms with Crippen LogP contribution in [0.15, 0.2) is 0 Å². The predicted molar refractivity (Wildman–Crippen MR) is 227 cm³/mol. The fourth-order valence-corrected chi connectivity index (χ4v) is 9.55. The van der Waals surface area contributed by atoms with E-state index in [4.69, 9.17) is 0 Å². The molecule has 0 aliphatic rings. The summed E-state index contributed by atoms with van der Waals surface area (Å²) in [6.45, 7) is 46.9. The first-order valence-electron chi connectivity index (χ1n) is 21.7. The Morgan fingerprint density at radius 3 is 0.453 bits per heavy atom. The van der Waals surface area contributed by atoms with Crippen molar-refractivity contribution in [1.82, 2.24) is 0 Å².